The van der Waals surface area contributed by atoms with Gasteiger partial charge in [-0.1, -0.05) is 12.1 Å². The summed E-state index contributed by atoms with van der Waals surface area (Å²) in [5.41, 5.74) is 1.59. The van der Waals surface area contributed by atoms with E-state index >= 15 is 0 Å². The zero-order valence-corrected chi connectivity index (χ0v) is 17.9. The van der Waals surface area contributed by atoms with Crippen LogP contribution in [0.25, 0.3) is 11.0 Å². The van der Waals surface area contributed by atoms with Crippen LogP contribution in [0, 0.1) is 24.4 Å². The normalized spacial score (nSPS) is 11.6. The molecular formula is C22H25F3N6O. The molecule has 0 atom stereocenters. The minimum Gasteiger partial charge on any atom is -0.357 e. The molecule has 0 aliphatic heterocycles. The maximum absolute atomic E-state index is 13.7. The van der Waals surface area contributed by atoms with Crippen LogP contribution in [0.5, 0.6) is 0 Å². The van der Waals surface area contributed by atoms with E-state index in [0.717, 1.165) is 42.0 Å². The summed E-state index contributed by atoms with van der Waals surface area (Å²) < 4.78 is 42.1. The molecule has 0 saturated carbocycles. The number of rotatable bonds is 8. The van der Waals surface area contributed by atoms with Gasteiger partial charge in [-0.25, -0.2) is 23.1 Å². The van der Waals surface area contributed by atoms with Crippen LogP contribution >= 0.6 is 0 Å². The largest absolute Gasteiger partial charge is 0.357 e. The van der Waals surface area contributed by atoms with Gasteiger partial charge in [-0.05, 0) is 44.5 Å². The van der Waals surface area contributed by atoms with Crippen molar-refractivity contribution in [1.82, 2.24) is 20.2 Å². The van der Waals surface area contributed by atoms with Gasteiger partial charge in [0.1, 0.15) is 12.4 Å². The Morgan fingerprint density at radius 3 is 2.66 bits per heavy atom. The Morgan fingerprint density at radius 2 is 1.88 bits per heavy atom. The van der Waals surface area contributed by atoms with Gasteiger partial charge < -0.3 is 20.5 Å². The Morgan fingerprint density at radius 1 is 1.09 bits per heavy atom. The van der Waals surface area contributed by atoms with Crippen LogP contribution in [0.2, 0.25) is 0 Å². The number of nitrogens with one attached hydrogen (secondary N) is 3. The van der Waals surface area contributed by atoms with E-state index in [-0.39, 0.29) is 6.54 Å². The molecule has 0 fully saturated rings. The standard InChI is InChI=1S/C22H25F3N6O/c1-3-26-22(28-13-19(32)30-17-10-9-15(23)20(24)21(17)25)27-11-6-12-31-14(2)29-16-7-4-5-8-18(16)31/h4-5,7-10H,3,6,11-13H2,1-2H3,(H,30,32)(H2,26,27,28). The van der Waals surface area contributed by atoms with Crippen LogP contribution in [0.15, 0.2) is 41.4 Å². The Balaban J connectivity index is 1.53. The summed E-state index contributed by atoms with van der Waals surface area (Å²) in [7, 11) is 0. The second kappa shape index (κ2) is 10.7. The molecule has 1 heterocycles. The van der Waals surface area contributed by atoms with Crippen LogP contribution in [0.4, 0.5) is 18.9 Å². The quantitative estimate of drug-likeness (QED) is 0.215. The first-order valence-corrected chi connectivity index (χ1v) is 10.3. The molecule has 3 N–H and O–H groups in total. The average Bonchev–Trinajstić information content (AvgIpc) is 3.10. The summed E-state index contributed by atoms with van der Waals surface area (Å²) in [6, 6.07) is 9.64. The van der Waals surface area contributed by atoms with Crippen LogP contribution < -0.4 is 16.0 Å². The highest BCUT2D eigenvalue weighted by Crippen LogP contribution is 2.19. The molecule has 0 radical (unpaired) electrons. The lowest BCUT2D eigenvalue weighted by Crippen LogP contribution is -2.38. The van der Waals surface area contributed by atoms with E-state index in [0.29, 0.717) is 19.0 Å². The SMILES string of the molecule is CCNC(=NCC(=O)Nc1ccc(F)c(F)c1F)NCCCn1c(C)nc2ccccc21. The molecule has 1 aromatic heterocycles. The predicted molar refractivity (Wildman–Crippen MR) is 118 cm³/mol. The molecule has 0 aliphatic carbocycles. The minimum atomic E-state index is -1.64. The fraction of sp³-hybridized carbons (Fsp3) is 0.318. The van der Waals surface area contributed by atoms with Gasteiger partial charge in [-0.2, -0.15) is 0 Å². The monoisotopic (exact) mass is 446 g/mol. The molecule has 0 unspecified atom stereocenters. The fourth-order valence-corrected chi connectivity index (χ4v) is 3.23. The van der Waals surface area contributed by atoms with Gasteiger partial charge in [0.05, 0.1) is 16.7 Å². The summed E-state index contributed by atoms with van der Waals surface area (Å²) in [6.45, 7) is 5.46. The number of amides is 1. The fourth-order valence-electron chi connectivity index (χ4n) is 3.23. The zero-order valence-electron chi connectivity index (χ0n) is 17.9. The molecule has 32 heavy (non-hydrogen) atoms. The van der Waals surface area contributed by atoms with Crippen molar-refractivity contribution in [3.8, 4) is 0 Å². The number of imidazole rings is 1. The van der Waals surface area contributed by atoms with E-state index in [1.165, 1.54) is 0 Å². The molecule has 0 saturated heterocycles. The summed E-state index contributed by atoms with van der Waals surface area (Å²) in [6.07, 6.45) is 0.790. The molecule has 170 valence electrons. The second-order valence-electron chi connectivity index (χ2n) is 7.05. The van der Waals surface area contributed by atoms with Crippen molar-refractivity contribution >= 4 is 28.6 Å². The Labute approximate surface area is 183 Å². The van der Waals surface area contributed by atoms with Crippen molar-refractivity contribution in [3.05, 3.63) is 59.7 Å². The maximum Gasteiger partial charge on any atom is 0.246 e. The van der Waals surface area contributed by atoms with Crippen molar-refractivity contribution in [2.75, 3.05) is 25.0 Å². The van der Waals surface area contributed by atoms with Gasteiger partial charge in [0.15, 0.2) is 23.4 Å². The molecule has 3 rings (SSSR count). The van der Waals surface area contributed by atoms with Gasteiger partial charge in [0.2, 0.25) is 5.91 Å². The highest BCUT2D eigenvalue weighted by Gasteiger charge is 2.15. The number of para-hydroxylation sites is 2. The minimum absolute atomic E-state index is 0.320. The Bertz CT molecular complexity index is 1130. The van der Waals surface area contributed by atoms with Crippen molar-refractivity contribution in [2.45, 2.75) is 26.8 Å². The van der Waals surface area contributed by atoms with Crippen LogP contribution in [-0.4, -0.2) is 41.1 Å². The number of carbonyl (C=O) groups is 1. The summed E-state index contributed by atoms with van der Waals surface area (Å²) >= 11 is 0. The highest BCUT2D eigenvalue weighted by atomic mass is 19.2. The molecule has 0 bridgehead atoms. The summed E-state index contributed by atoms with van der Waals surface area (Å²) in [5, 5.41) is 8.35. The highest BCUT2D eigenvalue weighted by molar-refractivity contribution is 5.94. The molecule has 0 aliphatic rings. The number of halogens is 3. The number of guanidine groups is 1. The number of hydrogen-bond acceptors (Lipinski definition) is 3. The first-order valence-electron chi connectivity index (χ1n) is 10.3. The van der Waals surface area contributed by atoms with Gasteiger partial charge in [-0.15, -0.1) is 0 Å². The third-order valence-electron chi connectivity index (χ3n) is 4.73. The van der Waals surface area contributed by atoms with Crippen molar-refractivity contribution in [3.63, 3.8) is 0 Å². The third-order valence-corrected chi connectivity index (χ3v) is 4.73. The lowest BCUT2D eigenvalue weighted by molar-refractivity contribution is -0.114. The number of nitrogens with zero attached hydrogens (tertiary/aromatic N) is 3. The van der Waals surface area contributed by atoms with Gasteiger partial charge in [0.25, 0.3) is 0 Å². The lowest BCUT2D eigenvalue weighted by atomic mass is 10.3. The lowest BCUT2D eigenvalue weighted by Gasteiger charge is -2.12. The summed E-state index contributed by atoms with van der Waals surface area (Å²) in [4.78, 5) is 20.8. The van der Waals surface area contributed by atoms with Gasteiger partial charge >= 0.3 is 0 Å². The van der Waals surface area contributed by atoms with Crippen LogP contribution in [0.1, 0.15) is 19.2 Å². The van der Waals surface area contributed by atoms with Crippen molar-refractivity contribution in [1.29, 1.82) is 0 Å². The third kappa shape index (κ3) is 5.57. The number of aliphatic imine (C=N–C) groups is 1. The molecule has 0 spiro atoms. The second-order valence-corrected chi connectivity index (χ2v) is 7.05. The van der Waals surface area contributed by atoms with Crippen molar-refractivity contribution in [2.24, 2.45) is 4.99 Å². The molecule has 1 amide bonds. The number of carbonyl (C=O) groups excluding carboxylic acids is 1. The molecule has 3 aromatic rings. The Hall–Kier alpha value is -3.56. The first-order chi connectivity index (χ1) is 15.4. The van der Waals surface area contributed by atoms with E-state index in [9.17, 15) is 18.0 Å². The van der Waals surface area contributed by atoms with Gasteiger partial charge in [0, 0.05) is 19.6 Å². The number of benzene rings is 2. The number of aromatic nitrogens is 2. The van der Waals surface area contributed by atoms with E-state index in [1.54, 1.807) is 0 Å². The first kappa shape index (κ1) is 23.1. The topological polar surface area (TPSA) is 83.3 Å². The molecular weight excluding hydrogens is 421 g/mol. The molecule has 7 nitrogen and oxygen atoms in total. The number of hydrogen-bond donors (Lipinski definition) is 3. The maximum atomic E-state index is 13.7. The van der Waals surface area contributed by atoms with Crippen LogP contribution in [0.3, 0.4) is 0 Å². The zero-order chi connectivity index (χ0) is 23.1. The Kier molecular flexibility index (Phi) is 7.69. The molecule has 10 heteroatoms. The van der Waals surface area contributed by atoms with Crippen molar-refractivity contribution < 1.29 is 18.0 Å². The number of fused-ring (bicyclic) bond motifs is 1. The number of aryl methyl sites for hydroxylation is 2. The average molecular weight is 446 g/mol. The molecule has 2 aromatic carbocycles. The number of anilines is 1. The van der Waals surface area contributed by atoms with E-state index in [2.05, 4.69) is 30.5 Å². The predicted octanol–water partition coefficient (Wildman–Crippen LogP) is 3.35. The van der Waals surface area contributed by atoms with Gasteiger partial charge in [-0.3, -0.25) is 4.79 Å². The summed E-state index contributed by atoms with van der Waals surface area (Å²) in [5.74, 6) is -3.71. The van der Waals surface area contributed by atoms with Crippen LogP contribution in [-0.2, 0) is 11.3 Å². The smallest absolute Gasteiger partial charge is 0.246 e. The van der Waals surface area contributed by atoms with E-state index in [4.69, 9.17) is 0 Å². The van der Waals surface area contributed by atoms with E-state index < -0.39 is 29.0 Å². The van der Waals surface area contributed by atoms with E-state index in [1.807, 2.05) is 38.1 Å².